The molecular weight excluding hydrogens is 458 g/mol. The van der Waals surface area contributed by atoms with Crippen molar-refractivity contribution >= 4 is 37.5 Å². The fourth-order valence-corrected chi connectivity index (χ4v) is 4.41. The van der Waals surface area contributed by atoms with Gasteiger partial charge in [0.15, 0.2) is 0 Å². The largest absolute Gasteiger partial charge is 0.441 e. The van der Waals surface area contributed by atoms with Crippen LogP contribution in [0.1, 0.15) is 21.8 Å². The maximum atomic E-state index is 12.7. The van der Waals surface area contributed by atoms with Gasteiger partial charge in [0.05, 0.1) is 10.6 Å². The Morgan fingerprint density at radius 2 is 1.86 bits per heavy atom. The van der Waals surface area contributed by atoms with Crippen molar-refractivity contribution in [3.05, 3.63) is 64.0 Å². The number of oxazole rings is 1. The highest BCUT2D eigenvalue weighted by molar-refractivity contribution is 9.10. The molecule has 0 saturated heterocycles. The number of anilines is 1. The molecule has 1 amide bonds. The zero-order chi connectivity index (χ0) is 21.3. The van der Waals surface area contributed by atoms with E-state index < -0.39 is 15.9 Å². The monoisotopic (exact) mass is 477 g/mol. The summed E-state index contributed by atoms with van der Waals surface area (Å²) in [6.07, 6.45) is 0. The van der Waals surface area contributed by atoms with Crippen molar-refractivity contribution in [2.24, 2.45) is 0 Å². The lowest BCUT2D eigenvalue weighted by Crippen LogP contribution is -2.23. The standard InChI is InChI=1S/C20H20BrN3O4S/c1-12-13(2)28-20(22-12)15-6-5-7-16(10-15)23-19(25)14-8-9-17(21)18(11-14)29(26,27)24(3)4/h5-11H,1-4H3,(H,23,25). The van der Waals surface area contributed by atoms with E-state index >= 15 is 0 Å². The number of amides is 1. The van der Waals surface area contributed by atoms with Crippen molar-refractivity contribution in [3.63, 3.8) is 0 Å². The first-order chi connectivity index (χ1) is 13.6. The first-order valence-corrected chi connectivity index (χ1v) is 10.9. The molecule has 29 heavy (non-hydrogen) atoms. The maximum Gasteiger partial charge on any atom is 0.255 e. The van der Waals surface area contributed by atoms with E-state index in [1.807, 2.05) is 19.9 Å². The summed E-state index contributed by atoms with van der Waals surface area (Å²) in [6.45, 7) is 3.70. The predicted molar refractivity (Wildman–Crippen MR) is 114 cm³/mol. The van der Waals surface area contributed by atoms with E-state index in [4.69, 9.17) is 4.42 Å². The molecule has 0 fully saturated rings. The average Bonchev–Trinajstić information content (AvgIpc) is 3.00. The van der Waals surface area contributed by atoms with Crippen LogP contribution in [0.4, 0.5) is 5.69 Å². The van der Waals surface area contributed by atoms with E-state index in [-0.39, 0.29) is 10.5 Å². The zero-order valence-electron chi connectivity index (χ0n) is 16.4. The van der Waals surface area contributed by atoms with Crippen LogP contribution < -0.4 is 5.32 Å². The molecule has 152 valence electrons. The van der Waals surface area contributed by atoms with Gasteiger partial charge < -0.3 is 9.73 Å². The van der Waals surface area contributed by atoms with Crippen molar-refractivity contribution in [1.29, 1.82) is 0 Å². The lowest BCUT2D eigenvalue weighted by Gasteiger charge is -2.14. The molecule has 7 nitrogen and oxygen atoms in total. The average molecular weight is 478 g/mol. The van der Waals surface area contributed by atoms with E-state index in [0.717, 1.165) is 21.3 Å². The summed E-state index contributed by atoms with van der Waals surface area (Å²) in [4.78, 5) is 17.1. The van der Waals surface area contributed by atoms with Crippen LogP contribution >= 0.6 is 15.9 Å². The number of nitrogens with one attached hydrogen (secondary N) is 1. The van der Waals surface area contributed by atoms with E-state index in [9.17, 15) is 13.2 Å². The third kappa shape index (κ3) is 4.42. The van der Waals surface area contributed by atoms with Crippen LogP contribution in [-0.2, 0) is 10.0 Å². The van der Waals surface area contributed by atoms with Crippen molar-refractivity contribution in [2.75, 3.05) is 19.4 Å². The van der Waals surface area contributed by atoms with Crippen LogP contribution in [0, 0.1) is 13.8 Å². The van der Waals surface area contributed by atoms with Crippen molar-refractivity contribution < 1.29 is 17.6 Å². The van der Waals surface area contributed by atoms with Crippen LogP contribution in [0.2, 0.25) is 0 Å². The molecule has 1 N–H and O–H groups in total. The predicted octanol–water partition coefficient (Wildman–Crippen LogP) is 4.22. The van der Waals surface area contributed by atoms with Crippen LogP contribution in [0.5, 0.6) is 0 Å². The summed E-state index contributed by atoms with van der Waals surface area (Å²) >= 11 is 3.24. The van der Waals surface area contributed by atoms with Gasteiger partial charge in [-0.1, -0.05) is 6.07 Å². The Kier molecular flexibility index (Phi) is 5.92. The van der Waals surface area contributed by atoms with Gasteiger partial charge in [0, 0.05) is 35.4 Å². The van der Waals surface area contributed by atoms with Crippen molar-refractivity contribution in [2.45, 2.75) is 18.7 Å². The molecule has 9 heteroatoms. The summed E-state index contributed by atoms with van der Waals surface area (Å²) in [6, 6.07) is 11.5. The second-order valence-corrected chi connectivity index (χ2v) is 9.60. The summed E-state index contributed by atoms with van der Waals surface area (Å²) < 4.78 is 32.0. The number of carbonyl (C=O) groups is 1. The minimum atomic E-state index is -3.70. The Morgan fingerprint density at radius 3 is 2.48 bits per heavy atom. The third-order valence-corrected chi connectivity index (χ3v) is 7.16. The summed E-state index contributed by atoms with van der Waals surface area (Å²) in [5.74, 6) is 0.780. The molecule has 0 radical (unpaired) electrons. The fourth-order valence-electron chi connectivity index (χ4n) is 2.57. The highest BCUT2D eigenvalue weighted by atomic mass is 79.9. The lowest BCUT2D eigenvalue weighted by molar-refractivity contribution is 0.102. The normalized spacial score (nSPS) is 11.7. The van der Waals surface area contributed by atoms with Crippen LogP contribution in [0.25, 0.3) is 11.5 Å². The number of carbonyl (C=O) groups excluding carboxylic acids is 1. The van der Waals surface area contributed by atoms with Gasteiger partial charge in [0.25, 0.3) is 5.91 Å². The Balaban J connectivity index is 1.89. The van der Waals surface area contributed by atoms with Gasteiger partial charge in [0.1, 0.15) is 5.76 Å². The highest BCUT2D eigenvalue weighted by Crippen LogP contribution is 2.27. The summed E-state index contributed by atoms with van der Waals surface area (Å²) in [5, 5.41) is 2.79. The molecular formula is C20H20BrN3O4S. The third-order valence-electron chi connectivity index (χ3n) is 4.35. The molecule has 0 saturated carbocycles. The second-order valence-electron chi connectivity index (χ2n) is 6.63. The SMILES string of the molecule is Cc1nc(-c2cccc(NC(=O)c3ccc(Br)c(S(=O)(=O)N(C)C)c3)c2)oc1C. The van der Waals surface area contributed by atoms with Gasteiger partial charge in [-0.2, -0.15) is 0 Å². The number of aromatic nitrogens is 1. The molecule has 0 aliphatic rings. The maximum absolute atomic E-state index is 12.7. The smallest absolute Gasteiger partial charge is 0.255 e. The Hall–Kier alpha value is -2.49. The van der Waals surface area contributed by atoms with Gasteiger partial charge >= 0.3 is 0 Å². The molecule has 0 atom stereocenters. The number of hydrogen-bond donors (Lipinski definition) is 1. The quantitative estimate of drug-likeness (QED) is 0.593. The molecule has 3 rings (SSSR count). The second kappa shape index (κ2) is 8.10. The van der Waals surface area contributed by atoms with E-state index in [2.05, 4.69) is 26.2 Å². The van der Waals surface area contributed by atoms with Gasteiger partial charge in [-0.15, -0.1) is 0 Å². The number of benzene rings is 2. The summed E-state index contributed by atoms with van der Waals surface area (Å²) in [5.41, 5.74) is 2.30. The van der Waals surface area contributed by atoms with Crippen molar-refractivity contribution in [1.82, 2.24) is 9.29 Å². The zero-order valence-corrected chi connectivity index (χ0v) is 18.8. The number of sulfonamides is 1. The van der Waals surface area contributed by atoms with Gasteiger partial charge in [-0.25, -0.2) is 17.7 Å². The molecule has 2 aromatic carbocycles. The van der Waals surface area contributed by atoms with E-state index in [1.165, 1.54) is 20.2 Å². The Labute approximate surface area is 177 Å². The molecule has 1 aromatic heterocycles. The van der Waals surface area contributed by atoms with Crippen LogP contribution in [-0.4, -0.2) is 37.7 Å². The van der Waals surface area contributed by atoms with Crippen LogP contribution in [0.3, 0.4) is 0 Å². The molecule has 0 unspecified atom stereocenters. The topological polar surface area (TPSA) is 92.5 Å². The minimum Gasteiger partial charge on any atom is -0.441 e. The minimum absolute atomic E-state index is 0.0228. The van der Waals surface area contributed by atoms with Gasteiger partial charge in [-0.3, -0.25) is 4.79 Å². The van der Waals surface area contributed by atoms with Crippen molar-refractivity contribution in [3.8, 4) is 11.5 Å². The molecule has 0 bridgehead atoms. The fraction of sp³-hybridized carbons (Fsp3) is 0.200. The van der Waals surface area contributed by atoms with E-state index in [0.29, 0.717) is 16.1 Å². The molecule has 3 aromatic rings. The number of hydrogen-bond acceptors (Lipinski definition) is 5. The summed E-state index contributed by atoms with van der Waals surface area (Å²) in [7, 11) is -0.822. The molecule has 1 heterocycles. The number of rotatable bonds is 5. The Morgan fingerprint density at radius 1 is 1.14 bits per heavy atom. The van der Waals surface area contributed by atoms with Crippen LogP contribution in [0.15, 0.2) is 56.2 Å². The molecule has 0 aliphatic carbocycles. The molecule has 0 spiro atoms. The van der Waals surface area contributed by atoms with Gasteiger partial charge in [-0.05, 0) is 66.2 Å². The Bertz CT molecular complexity index is 1170. The lowest BCUT2D eigenvalue weighted by atomic mass is 10.1. The molecule has 0 aliphatic heterocycles. The number of aryl methyl sites for hydroxylation is 2. The first-order valence-electron chi connectivity index (χ1n) is 8.67. The number of nitrogens with zero attached hydrogens (tertiary/aromatic N) is 2. The van der Waals surface area contributed by atoms with E-state index in [1.54, 1.807) is 30.3 Å². The highest BCUT2D eigenvalue weighted by Gasteiger charge is 2.22. The van der Waals surface area contributed by atoms with Gasteiger partial charge in [0.2, 0.25) is 15.9 Å². The number of halogens is 1. The first kappa shape index (κ1) is 21.2.